The van der Waals surface area contributed by atoms with Gasteiger partial charge in [0.1, 0.15) is 0 Å². The Bertz CT molecular complexity index is 417. The molecule has 4 atom stereocenters. The summed E-state index contributed by atoms with van der Waals surface area (Å²) < 4.78 is 0. The number of fused-ring (bicyclic) bond motifs is 5. The minimum atomic E-state index is -1.55. The van der Waals surface area contributed by atoms with Crippen LogP contribution in [0.3, 0.4) is 0 Å². The van der Waals surface area contributed by atoms with E-state index in [-0.39, 0.29) is 0 Å². The van der Waals surface area contributed by atoms with Crippen LogP contribution in [0.5, 0.6) is 0 Å². The molecule has 4 heteroatoms. The Hall–Kier alpha value is -1.84. The third kappa shape index (κ3) is 2.70. The molecule has 0 radical (unpaired) electrons. The van der Waals surface area contributed by atoms with Gasteiger partial charge in [0, 0.05) is 0 Å². The molecule has 0 aromatic rings. The molecule has 4 nitrogen and oxygen atoms in total. The minimum Gasteiger partial charge on any atom is -0.545 e. The second-order valence-corrected chi connectivity index (χ2v) is 4.82. The first-order valence-electron chi connectivity index (χ1n) is 6.03. The number of carboxylic acids is 2. The largest absolute Gasteiger partial charge is 0.545 e. The Balaban J connectivity index is 0.000000139. The summed E-state index contributed by atoms with van der Waals surface area (Å²) in [6.07, 6.45) is 13.3. The summed E-state index contributed by atoms with van der Waals surface area (Å²) in [5, 5.41) is 18.8. The summed E-state index contributed by atoms with van der Waals surface area (Å²) >= 11 is 0. The highest BCUT2D eigenvalue weighted by atomic mass is 16.4. The fourth-order valence-electron chi connectivity index (χ4n) is 3.11. The summed E-state index contributed by atoms with van der Waals surface area (Å²) in [5.41, 5.74) is 0. The second kappa shape index (κ2) is 5.21. The third-order valence-corrected chi connectivity index (χ3v) is 3.81. The fraction of sp³-hybridized carbons (Fsp3) is 0.429. The molecule has 2 bridgehead atoms. The first-order valence-corrected chi connectivity index (χ1v) is 6.03. The molecule has 3 rings (SSSR count). The molecular formula is C14H14O4-2. The Kier molecular flexibility index (Phi) is 3.65. The van der Waals surface area contributed by atoms with E-state index in [1.165, 1.54) is 12.8 Å². The summed E-state index contributed by atoms with van der Waals surface area (Å²) in [5.74, 6) is 0.729. The van der Waals surface area contributed by atoms with Crippen molar-refractivity contribution in [2.75, 3.05) is 0 Å². The van der Waals surface area contributed by atoms with Crippen molar-refractivity contribution in [3.05, 3.63) is 36.5 Å². The van der Waals surface area contributed by atoms with Crippen LogP contribution in [0.2, 0.25) is 0 Å². The Morgan fingerprint density at radius 2 is 1.61 bits per heavy atom. The van der Waals surface area contributed by atoms with Gasteiger partial charge in [-0.05, 0) is 48.7 Å². The average molecular weight is 246 g/mol. The second-order valence-electron chi connectivity index (χ2n) is 4.82. The lowest BCUT2D eigenvalue weighted by atomic mass is 9.86. The van der Waals surface area contributed by atoms with Crippen molar-refractivity contribution >= 4 is 11.9 Å². The fourth-order valence-corrected chi connectivity index (χ4v) is 3.11. The molecule has 1 fully saturated rings. The topological polar surface area (TPSA) is 80.3 Å². The molecule has 96 valence electrons. The number of allylic oxidation sites excluding steroid dienone is 4. The van der Waals surface area contributed by atoms with E-state index >= 15 is 0 Å². The van der Waals surface area contributed by atoms with Crippen LogP contribution in [-0.4, -0.2) is 11.9 Å². The summed E-state index contributed by atoms with van der Waals surface area (Å²) in [7, 11) is 0. The van der Waals surface area contributed by atoms with Crippen molar-refractivity contribution in [1.82, 2.24) is 0 Å². The van der Waals surface area contributed by atoms with Gasteiger partial charge < -0.3 is 19.8 Å². The quantitative estimate of drug-likeness (QED) is 0.482. The van der Waals surface area contributed by atoms with E-state index in [9.17, 15) is 19.8 Å². The van der Waals surface area contributed by atoms with Crippen molar-refractivity contribution in [3.8, 4) is 0 Å². The Labute approximate surface area is 105 Å². The van der Waals surface area contributed by atoms with Gasteiger partial charge in [-0.15, -0.1) is 0 Å². The van der Waals surface area contributed by atoms with E-state index in [1.54, 1.807) is 0 Å². The van der Waals surface area contributed by atoms with Crippen LogP contribution in [-0.2, 0) is 9.59 Å². The number of aliphatic carboxylic acids is 2. The maximum Gasteiger partial charge on any atom is 0.0643 e. The maximum absolute atomic E-state index is 9.41. The number of carbonyl (C=O) groups excluding carboxylic acids is 2. The van der Waals surface area contributed by atoms with Gasteiger partial charge >= 0.3 is 0 Å². The molecule has 18 heavy (non-hydrogen) atoms. The van der Waals surface area contributed by atoms with E-state index < -0.39 is 11.9 Å². The van der Waals surface area contributed by atoms with Crippen LogP contribution in [0, 0.1) is 23.7 Å². The van der Waals surface area contributed by atoms with Crippen LogP contribution in [0.1, 0.15) is 12.8 Å². The van der Waals surface area contributed by atoms with E-state index in [0.29, 0.717) is 12.2 Å². The predicted octanol–water partition coefficient (Wildman–Crippen LogP) is -0.573. The zero-order valence-electron chi connectivity index (χ0n) is 9.82. The van der Waals surface area contributed by atoms with E-state index in [4.69, 9.17) is 0 Å². The molecular weight excluding hydrogens is 232 g/mol. The Morgan fingerprint density at radius 1 is 1.00 bits per heavy atom. The van der Waals surface area contributed by atoms with Gasteiger partial charge in [-0.3, -0.25) is 0 Å². The van der Waals surface area contributed by atoms with Crippen LogP contribution in [0.25, 0.3) is 0 Å². The molecule has 0 aromatic heterocycles. The van der Waals surface area contributed by atoms with Crippen molar-refractivity contribution < 1.29 is 19.8 Å². The van der Waals surface area contributed by atoms with Crippen LogP contribution < -0.4 is 10.2 Å². The van der Waals surface area contributed by atoms with E-state index in [0.717, 1.165) is 23.7 Å². The molecule has 0 heterocycles. The van der Waals surface area contributed by atoms with Crippen LogP contribution in [0.4, 0.5) is 0 Å². The summed E-state index contributed by atoms with van der Waals surface area (Å²) in [6, 6.07) is 0. The first kappa shape index (κ1) is 12.6. The minimum absolute atomic E-state index is 0.384. The van der Waals surface area contributed by atoms with Gasteiger partial charge in [0.05, 0.1) is 11.9 Å². The third-order valence-electron chi connectivity index (χ3n) is 3.81. The predicted molar refractivity (Wildman–Crippen MR) is 60.6 cm³/mol. The highest BCUT2D eigenvalue weighted by Gasteiger charge is 2.44. The smallest absolute Gasteiger partial charge is 0.0643 e. The molecule has 3 aliphatic carbocycles. The highest BCUT2D eigenvalue weighted by molar-refractivity contribution is 5.87. The Morgan fingerprint density at radius 3 is 2.17 bits per heavy atom. The zero-order valence-corrected chi connectivity index (χ0v) is 9.82. The first-order chi connectivity index (χ1) is 8.58. The number of carbonyl (C=O) groups is 2. The monoisotopic (exact) mass is 246 g/mol. The van der Waals surface area contributed by atoms with Gasteiger partial charge in [0.25, 0.3) is 0 Å². The molecule has 1 saturated carbocycles. The molecule has 4 unspecified atom stereocenters. The van der Waals surface area contributed by atoms with Gasteiger partial charge in [0.2, 0.25) is 0 Å². The van der Waals surface area contributed by atoms with Gasteiger partial charge in [-0.2, -0.15) is 0 Å². The number of rotatable bonds is 2. The molecule has 0 spiro atoms. The molecule has 0 saturated heterocycles. The van der Waals surface area contributed by atoms with Crippen molar-refractivity contribution in [2.45, 2.75) is 12.8 Å². The lowest BCUT2D eigenvalue weighted by Crippen LogP contribution is -2.23. The van der Waals surface area contributed by atoms with Gasteiger partial charge in [-0.25, -0.2) is 0 Å². The molecule has 3 aliphatic rings. The average Bonchev–Trinajstić information content (AvgIpc) is 2.99. The molecule has 0 aromatic carbocycles. The lowest BCUT2D eigenvalue weighted by Gasteiger charge is -2.18. The standard InChI is InChI=1S/C10H12.C4H4O4/c1-2-9-7-4-5-8(6-7)10(9)3-1;5-3(6)1-2-4(7)8/h1-2,4-5,7-10H,3,6H2;1-2H,(H,5,6)(H,7,8)/p-2/b;2-1+. The van der Waals surface area contributed by atoms with Crippen LogP contribution >= 0.6 is 0 Å². The molecule has 0 amide bonds. The number of hydrogen-bond acceptors (Lipinski definition) is 4. The number of hydrogen-bond donors (Lipinski definition) is 0. The van der Waals surface area contributed by atoms with Crippen molar-refractivity contribution in [2.24, 2.45) is 23.7 Å². The highest BCUT2D eigenvalue weighted by Crippen LogP contribution is 2.52. The molecule has 0 N–H and O–H groups in total. The summed E-state index contributed by atoms with van der Waals surface area (Å²) in [4.78, 5) is 18.8. The maximum atomic E-state index is 9.41. The number of carboxylic acid groups (broad SMARTS) is 2. The van der Waals surface area contributed by atoms with Gasteiger partial charge in [0.15, 0.2) is 0 Å². The zero-order chi connectivity index (χ0) is 13.1. The lowest BCUT2D eigenvalue weighted by molar-refractivity contribution is -0.301. The normalized spacial score (nSPS) is 34.4. The van der Waals surface area contributed by atoms with Gasteiger partial charge in [-0.1, -0.05) is 24.3 Å². The van der Waals surface area contributed by atoms with E-state index in [2.05, 4.69) is 24.3 Å². The van der Waals surface area contributed by atoms with Crippen LogP contribution in [0.15, 0.2) is 36.5 Å². The van der Waals surface area contributed by atoms with E-state index in [1.807, 2.05) is 0 Å². The SMILES string of the molecule is C1=CC2C3C=CC(C3)C2C1.O=C([O-])/C=C/C(=O)[O-]. The summed E-state index contributed by atoms with van der Waals surface area (Å²) in [6.45, 7) is 0. The molecule has 0 aliphatic heterocycles. The van der Waals surface area contributed by atoms with Crippen molar-refractivity contribution in [1.29, 1.82) is 0 Å². The van der Waals surface area contributed by atoms with Crippen molar-refractivity contribution in [3.63, 3.8) is 0 Å².